The molecule has 4 heteroatoms. The Kier molecular flexibility index (Phi) is 5.02. The average Bonchev–Trinajstić information content (AvgIpc) is 3.12. The number of para-hydroxylation sites is 1. The van der Waals surface area contributed by atoms with Crippen LogP contribution in [0.5, 0.6) is 0 Å². The predicted molar refractivity (Wildman–Crippen MR) is 105 cm³/mol. The summed E-state index contributed by atoms with van der Waals surface area (Å²) in [7, 11) is 0. The topological polar surface area (TPSA) is 53.2 Å². The van der Waals surface area contributed by atoms with Gasteiger partial charge >= 0.3 is 5.90 Å². The smallest absolute Gasteiger partial charge is 0.367 e. The van der Waals surface area contributed by atoms with Gasteiger partial charge in [-0.25, -0.2) is 4.99 Å². The molecule has 0 aliphatic carbocycles. The molecule has 0 bridgehead atoms. The number of aliphatic hydroxyl groups excluding tert-OH is 1. The standard InChI is InChI=1S/C22H25N3O/c26-22(20-15-23-21-9-5-4-8-19(20)21)24-14-17-10-12-25(13-11-17)16-18-6-2-1-3-7-18/h1-9,15,17,23H,10-14,16H2,(H,24,26)/p+1. The van der Waals surface area contributed by atoms with Crippen molar-refractivity contribution < 1.29 is 10.1 Å². The molecule has 0 unspecified atom stereocenters. The summed E-state index contributed by atoms with van der Waals surface area (Å²) in [5.41, 5.74) is 3.28. The molecule has 3 aromatic rings. The summed E-state index contributed by atoms with van der Waals surface area (Å²) < 4.78 is 0. The Morgan fingerprint density at radius 2 is 1.77 bits per heavy atom. The highest BCUT2D eigenvalue weighted by Crippen LogP contribution is 2.18. The van der Waals surface area contributed by atoms with Crippen LogP contribution < -0.4 is 4.99 Å². The van der Waals surface area contributed by atoms with Crippen LogP contribution in [0.4, 0.5) is 0 Å². The van der Waals surface area contributed by atoms with Gasteiger partial charge in [0.1, 0.15) is 12.1 Å². The minimum Gasteiger partial charge on any atom is -0.460 e. The van der Waals surface area contributed by atoms with Gasteiger partial charge in [0.05, 0.1) is 0 Å². The van der Waals surface area contributed by atoms with Crippen molar-refractivity contribution in [3.05, 3.63) is 71.9 Å². The van der Waals surface area contributed by atoms with E-state index < -0.39 is 0 Å². The highest BCUT2D eigenvalue weighted by molar-refractivity contribution is 6.03. The first-order valence-corrected chi connectivity index (χ1v) is 9.42. The maximum absolute atomic E-state index is 10.5. The number of aliphatic hydroxyl groups is 1. The zero-order valence-corrected chi connectivity index (χ0v) is 15.0. The van der Waals surface area contributed by atoms with Crippen LogP contribution in [0, 0.1) is 5.92 Å². The van der Waals surface area contributed by atoms with Gasteiger partial charge in [-0.15, -0.1) is 0 Å². The summed E-state index contributed by atoms with van der Waals surface area (Å²) in [5, 5.41) is 11.5. The van der Waals surface area contributed by atoms with Crippen molar-refractivity contribution in [1.82, 2.24) is 9.88 Å². The highest BCUT2D eigenvalue weighted by atomic mass is 16.3. The number of piperidine rings is 1. The van der Waals surface area contributed by atoms with Crippen LogP contribution in [0.25, 0.3) is 10.9 Å². The summed E-state index contributed by atoms with van der Waals surface area (Å²) in [5.74, 6) is 0.878. The van der Waals surface area contributed by atoms with E-state index in [0.717, 1.165) is 42.6 Å². The van der Waals surface area contributed by atoms with E-state index in [0.29, 0.717) is 5.92 Å². The number of hydrogen-bond acceptors (Lipinski definition) is 1. The molecule has 3 N–H and O–H groups in total. The van der Waals surface area contributed by atoms with E-state index >= 15 is 0 Å². The van der Waals surface area contributed by atoms with Gasteiger partial charge in [0.25, 0.3) is 0 Å². The van der Waals surface area contributed by atoms with Gasteiger partial charge in [-0.1, -0.05) is 48.5 Å². The first-order chi connectivity index (χ1) is 12.8. The number of nitrogens with zero attached hydrogens (tertiary/aromatic N) is 1. The van der Waals surface area contributed by atoms with Crippen LogP contribution in [0.2, 0.25) is 0 Å². The maximum atomic E-state index is 10.5. The summed E-state index contributed by atoms with van der Waals surface area (Å²) in [6, 6.07) is 18.7. The summed E-state index contributed by atoms with van der Waals surface area (Å²) in [6.07, 6.45) is 4.21. The molecule has 0 radical (unpaired) electrons. The molecule has 4 nitrogen and oxygen atoms in total. The van der Waals surface area contributed by atoms with E-state index in [2.05, 4.69) is 45.2 Å². The van der Waals surface area contributed by atoms with E-state index in [4.69, 9.17) is 0 Å². The molecule has 1 aromatic heterocycles. The second-order valence-electron chi connectivity index (χ2n) is 7.18. The maximum Gasteiger partial charge on any atom is 0.367 e. The van der Waals surface area contributed by atoms with Crippen LogP contribution in [-0.4, -0.2) is 40.5 Å². The van der Waals surface area contributed by atoms with Crippen LogP contribution in [-0.2, 0) is 6.54 Å². The Labute approximate surface area is 154 Å². The third-order valence-electron chi connectivity index (χ3n) is 5.36. The number of fused-ring (bicyclic) bond motifs is 1. The lowest BCUT2D eigenvalue weighted by Gasteiger charge is -2.30. The molecule has 2 aromatic carbocycles. The monoisotopic (exact) mass is 348 g/mol. The molecule has 4 rings (SSSR count). The highest BCUT2D eigenvalue weighted by Gasteiger charge is 2.22. The van der Waals surface area contributed by atoms with Crippen molar-refractivity contribution in [3.8, 4) is 0 Å². The third kappa shape index (κ3) is 3.81. The van der Waals surface area contributed by atoms with Gasteiger partial charge in [0.2, 0.25) is 0 Å². The molecule has 134 valence electrons. The number of H-pyrrole nitrogens is 1. The third-order valence-corrected chi connectivity index (χ3v) is 5.36. The Hall–Kier alpha value is -2.59. The Morgan fingerprint density at radius 1 is 1.04 bits per heavy atom. The van der Waals surface area contributed by atoms with Gasteiger partial charge in [-0.3, -0.25) is 4.90 Å². The number of rotatable bonds is 5. The van der Waals surface area contributed by atoms with Gasteiger partial charge in [0, 0.05) is 29.6 Å². The fourth-order valence-electron chi connectivity index (χ4n) is 3.79. The van der Waals surface area contributed by atoms with E-state index in [-0.39, 0.29) is 5.90 Å². The largest absolute Gasteiger partial charge is 0.460 e. The lowest BCUT2D eigenvalue weighted by Crippen LogP contribution is -2.75. The molecular formula is C22H26N3O+. The summed E-state index contributed by atoms with van der Waals surface area (Å²) >= 11 is 0. The van der Waals surface area contributed by atoms with Crippen LogP contribution >= 0.6 is 0 Å². The van der Waals surface area contributed by atoms with Crippen molar-refractivity contribution in [1.29, 1.82) is 0 Å². The SMILES string of the molecule is OC(=[NH+]CC1CCN(Cc2ccccc2)CC1)c1c[nH]c2ccccc12. The molecule has 2 heterocycles. The normalized spacial score (nSPS) is 17.0. The average molecular weight is 348 g/mol. The van der Waals surface area contributed by atoms with E-state index in [9.17, 15) is 5.11 Å². The molecule has 0 saturated carbocycles. The number of hydrogen-bond donors (Lipinski definition) is 3. The lowest BCUT2D eigenvalue weighted by molar-refractivity contribution is -0.475. The molecule has 1 saturated heterocycles. The van der Waals surface area contributed by atoms with Crippen molar-refractivity contribution in [2.75, 3.05) is 19.6 Å². The van der Waals surface area contributed by atoms with Crippen LogP contribution in [0.1, 0.15) is 24.0 Å². The van der Waals surface area contributed by atoms with Gasteiger partial charge < -0.3 is 10.1 Å². The van der Waals surface area contributed by atoms with Crippen LogP contribution in [0.3, 0.4) is 0 Å². The Bertz CT molecular complexity index is 877. The van der Waals surface area contributed by atoms with E-state index in [1.54, 1.807) is 0 Å². The zero-order chi connectivity index (χ0) is 17.8. The van der Waals surface area contributed by atoms with E-state index in [1.165, 1.54) is 18.4 Å². The number of aromatic nitrogens is 1. The molecule has 0 amide bonds. The molecular weight excluding hydrogens is 322 g/mol. The van der Waals surface area contributed by atoms with Gasteiger partial charge in [-0.2, -0.15) is 0 Å². The van der Waals surface area contributed by atoms with E-state index in [1.807, 2.05) is 30.5 Å². The fourth-order valence-corrected chi connectivity index (χ4v) is 3.79. The predicted octanol–water partition coefficient (Wildman–Crippen LogP) is 2.47. The first kappa shape index (κ1) is 16.9. The summed E-state index contributed by atoms with van der Waals surface area (Å²) in [6.45, 7) is 4.10. The minimum absolute atomic E-state index is 0.272. The minimum atomic E-state index is 0.272. The quantitative estimate of drug-likeness (QED) is 0.490. The zero-order valence-electron chi connectivity index (χ0n) is 15.0. The molecule has 1 fully saturated rings. The van der Waals surface area contributed by atoms with Crippen molar-refractivity contribution in [2.24, 2.45) is 5.92 Å². The molecule has 1 aliphatic rings. The molecule has 0 atom stereocenters. The lowest BCUT2D eigenvalue weighted by atomic mass is 9.96. The van der Waals surface area contributed by atoms with Crippen molar-refractivity contribution in [2.45, 2.75) is 19.4 Å². The second kappa shape index (κ2) is 7.75. The fraction of sp³-hybridized carbons (Fsp3) is 0.318. The number of likely N-dealkylation sites (tertiary alicyclic amines) is 1. The Morgan fingerprint density at radius 3 is 2.58 bits per heavy atom. The van der Waals surface area contributed by atoms with Crippen molar-refractivity contribution >= 4 is 16.8 Å². The number of aromatic amines is 1. The molecule has 1 aliphatic heterocycles. The Balaban J connectivity index is 1.32. The van der Waals surface area contributed by atoms with Crippen LogP contribution in [0.15, 0.2) is 60.8 Å². The number of nitrogens with one attached hydrogen (secondary N) is 2. The molecule has 26 heavy (non-hydrogen) atoms. The second-order valence-corrected chi connectivity index (χ2v) is 7.18. The van der Waals surface area contributed by atoms with Crippen molar-refractivity contribution in [3.63, 3.8) is 0 Å². The van der Waals surface area contributed by atoms with Gasteiger partial charge in [-0.05, 0) is 37.6 Å². The number of benzene rings is 2. The summed E-state index contributed by atoms with van der Waals surface area (Å²) in [4.78, 5) is 8.98. The first-order valence-electron chi connectivity index (χ1n) is 9.42. The molecule has 0 spiro atoms. The van der Waals surface area contributed by atoms with Gasteiger partial charge in [0.15, 0.2) is 0 Å².